The van der Waals surface area contributed by atoms with Crippen LogP contribution in [0.15, 0.2) is 48.5 Å². The number of hydrogen-bond acceptors (Lipinski definition) is 5. The standard InChI is InChI=1S/C24H29N3O4/c1-3-19-6-4-5-7-22(19)25-23(29)16-26-12-14-27(15-13-26)24(30)17-31-21-10-8-20(9-11-21)18(2)28/h4-11H,3,12-17H2,1-2H3,(H,25,29). The first-order chi connectivity index (χ1) is 15.0. The van der Waals surface area contributed by atoms with E-state index in [4.69, 9.17) is 4.74 Å². The molecule has 7 nitrogen and oxygen atoms in total. The molecular formula is C24H29N3O4. The summed E-state index contributed by atoms with van der Waals surface area (Å²) in [6.07, 6.45) is 0.861. The Morgan fingerprint density at radius 1 is 0.968 bits per heavy atom. The zero-order valence-electron chi connectivity index (χ0n) is 18.1. The number of nitrogens with one attached hydrogen (secondary N) is 1. The minimum Gasteiger partial charge on any atom is -0.484 e. The number of carbonyl (C=O) groups excluding carboxylic acids is 3. The maximum Gasteiger partial charge on any atom is 0.260 e. The third-order valence-electron chi connectivity index (χ3n) is 5.39. The summed E-state index contributed by atoms with van der Waals surface area (Å²) >= 11 is 0. The van der Waals surface area contributed by atoms with Crippen molar-refractivity contribution in [3.63, 3.8) is 0 Å². The van der Waals surface area contributed by atoms with Gasteiger partial charge in [-0.15, -0.1) is 0 Å². The third-order valence-corrected chi connectivity index (χ3v) is 5.39. The van der Waals surface area contributed by atoms with Crippen molar-refractivity contribution in [1.82, 2.24) is 9.80 Å². The second-order valence-corrected chi connectivity index (χ2v) is 7.59. The number of carbonyl (C=O) groups is 3. The molecule has 1 saturated heterocycles. The molecule has 0 atom stereocenters. The van der Waals surface area contributed by atoms with E-state index in [-0.39, 0.29) is 24.2 Å². The van der Waals surface area contributed by atoms with E-state index in [0.717, 1.165) is 17.7 Å². The van der Waals surface area contributed by atoms with Gasteiger partial charge in [-0.3, -0.25) is 19.3 Å². The Kier molecular flexibility index (Phi) is 7.78. The van der Waals surface area contributed by atoms with E-state index in [1.165, 1.54) is 6.92 Å². The van der Waals surface area contributed by atoms with Crippen LogP contribution in [0, 0.1) is 0 Å². The van der Waals surface area contributed by atoms with Gasteiger partial charge in [-0.25, -0.2) is 0 Å². The number of amides is 2. The molecule has 0 saturated carbocycles. The molecule has 0 spiro atoms. The lowest BCUT2D eigenvalue weighted by Gasteiger charge is -2.34. The average molecular weight is 424 g/mol. The van der Waals surface area contributed by atoms with Crippen molar-refractivity contribution in [3.05, 3.63) is 59.7 Å². The van der Waals surface area contributed by atoms with Gasteiger partial charge in [0.25, 0.3) is 5.91 Å². The highest BCUT2D eigenvalue weighted by Crippen LogP contribution is 2.16. The van der Waals surface area contributed by atoms with E-state index >= 15 is 0 Å². The Balaban J connectivity index is 1.41. The Labute approximate surface area is 183 Å². The number of hydrogen-bond donors (Lipinski definition) is 1. The van der Waals surface area contributed by atoms with Crippen molar-refractivity contribution in [1.29, 1.82) is 0 Å². The number of piperazine rings is 1. The molecule has 1 N–H and O–H groups in total. The first kappa shape index (κ1) is 22.5. The lowest BCUT2D eigenvalue weighted by Crippen LogP contribution is -2.51. The molecule has 1 aliphatic heterocycles. The van der Waals surface area contributed by atoms with Gasteiger partial charge in [0.15, 0.2) is 12.4 Å². The minimum atomic E-state index is -0.0865. The topological polar surface area (TPSA) is 79.0 Å². The highest BCUT2D eigenvalue weighted by Gasteiger charge is 2.23. The fourth-order valence-corrected chi connectivity index (χ4v) is 3.52. The molecule has 1 aliphatic rings. The molecule has 2 amide bonds. The van der Waals surface area contributed by atoms with Crippen LogP contribution in [0.2, 0.25) is 0 Å². The van der Waals surface area contributed by atoms with Crippen LogP contribution >= 0.6 is 0 Å². The molecule has 2 aromatic rings. The minimum absolute atomic E-state index is 0.0104. The highest BCUT2D eigenvalue weighted by atomic mass is 16.5. The Morgan fingerprint density at radius 3 is 2.29 bits per heavy atom. The number of aryl methyl sites for hydroxylation is 1. The number of nitrogens with zero attached hydrogens (tertiary/aromatic N) is 2. The van der Waals surface area contributed by atoms with E-state index in [2.05, 4.69) is 17.1 Å². The number of Topliss-reactive ketones (excluding diaryl/α,β-unsaturated/α-hetero) is 1. The van der Waals surface area contributed by atoms with Gasteiger partial charge in [0, 0.05) is 37.4 Å². The highest BCUT2D eigenvalue weighted by molar-refractivity contribution is 5.94. The van der Waals surface area contributed by atoms with Gasteiger partial charge >= 0.3 is 0 Å². The van der Waals surface area contributed by atoms with Crippen molar-refractivity contribution in [2.75, 3.05) is 44.6 Å². The Hall–Kier alpha value is -3.19. The summed E-state index contributed by atoms with van der Waals surface area (Å²) in [7, 11) is 0. The fraction of sp³-hybridized carbons (Fsp3) is 0.375. The SMILES string of the molecule is CCc1ccccc1NC(=O)CN1CCN(C(=O)COc2ccc(C(C)=O)cc2)CC1. The van der Waals surface area contributed by atoms with Gasteiger partial charge in [-0.05, 0) is 49.2 Å². The van der Waals surface area contributed by atoms with Gasteiger partial charge in [0.2, 0.25) is 5.91 Å². The maximum absolute atomic E-state index is 12.4. The molecule has 0 radical (unpaired) electrons. The summed E-state index contributed by atoms with van der Waals surface area (Å²) in [6.45, 7) is 6.23. The quantitative estimate of drug-likeness (QED) is 0.661. The second kappa shape index (κ2) is 10.7. The van der Waals surface area contributed by atoms with Gasteiger partial charge in [-0.1, -0.05) is 25.1 Å². The van der Waals surface area contributed by atoms with Crippen LogP contribution in [0.3, 0.4) is 0 Å². The summed E-state index contributed by atoms with van der Waals surface area (Å²) in [5, 5.41) is 2.99. The number of rotatable bonds is 8. The smallest absolute Gasteiger partial charge is 0.260 e. The monoisotopic (exact) mass is 423 g/mol. The molecule has 7 heteroatoms. The van der Waals surface area contributed by atoms with E-state index in [0.29, 0.717) is 44.0 Å². The maximum atomic E-state index is 12.4. The molecule has 0 aromatic heterocycles. The van der Waals surface area contributed by atoms with Crippen molar-refractivity contribution in [2.24, 2.45) is 0 Å². The number of ketones is 1. The first-order valence-electron chi connectivity index (χ1n) is 10.6. The third kappa shape index (κ3) is 6.39. The van der Waals surface area contributed by atoms with Gasteiger partial charge in [-0.2, -0.15) is 0 Å². The van der Waals surface area contributed by atoms with E-state index < -0.39 is 0 Å². The summed E-state index contributed by atoms with van der Waals surface area (Å²) in [5.41, 5.74) is 2.58. The molecule has 1 fully saturated rings. The molecular weight excluding hydrogens is 394 g/mol. The number of benzene rings is 2. The normalized spacial score (nSPS) is 14.2. The van der Waals surface area contributed by atoms with Crippen molar-refractivity contribution < 1.29 is 19.1 Å². The van der Waals surface area contributed by atoms with Gasteiger partial charge in [0.05, 0.1) is 6.54 Å². The lowest BCUT2D eigenvalue weighted by atomic mass is 10.1. The zero-order chi connectivity index (χ0) is 22.2. The summed E-state index contributed by atoms with van der Waals surface area (Å²) in [5.74, 6) is 0.416. The molecule has 164 valence electrons. The Morgan fingerprint density at radius 2 is 1.65 bits per heavy atom. The molecule has 0 bridgehead atoms. The predicted octanol–water partition coefficient (Wildman–Crippen LogP) is 2.61. The van der Waals surface area contributed by atoms with Crippen LogP contribution in [-0.2, 0) is 16.0 Å². The number of para-hydroxylation sites is 1. The van der Waals surface area contributed by atoms with Crippen molar-refractivity contribution >= 4 is 23.3 Å². The zero-order valence-corrected chi connectivity index (χ0v) is 18.1. The largest absolute Gasteiger partial charge is 0.484 e. The summed E-state index contributed by atoms with van der Waals surface area (Å²) < 4.78 is 5.56. The summed E-state index contributed by atoms with van der Waals surface area (Å²) in [6, 6.07) is 14.6. The van der Waals surface area contributed by atoms with Crippen LogP contribution in [-0.4, -0.2) is 66.7 Å². The van der Waals surface area contributed by atoms with Crippen LogP contribution in [0.25, 0.3) is 0 Å². The van der Waals surface area contributed by atoms with Gasteiger partial charge < -0.3 is 15.0 Å². The van der Waals surface area contributed by atoms with Crippen LogP contribution in [0.5, 0.6) is 5.75 Å². The van der Waals surface area contributed by atoms with Crippen molar-refractivity contribution in [3.8, 4) is 5.75 Å². The molecule has 1 heterocycles. The Bertz CT molecular complexity index is 919. The molecule has 0 aliphatic carbocycles. The molecule has 3 rings (SSSR count). The van der Waals surface area contributed by atoms with Gasteiger partial charge in [0.1, 0.15) is 5.75 Å². The molecule has 31 heavy (non-hydrogen) atoms. The lowest BCUT2D eigenvalue weighted by molar-refractivity contribution is -0.135. The number of ether oxygens (including phenoxy) is 1. The predicted molar refractivity (Wildman–Crippen MR) is 119 cm³/mol. The van der Waals surface area contributed by atoms with E-state index in [1.807, 2.05) is 24.3 Å². The first-order valence-corrected chi connectivity index (χ1v) is 10.6. The van der Waals surface area contributed by atoms with E-state index in [1.54, 1.807) is 29.2 Å². The average Bonchev–Trinajstić information content (AvgIpc) is 2.78. The van der Waals surface area contributed by atoms with Crippen LogP contribution < -0.4 is 10.1 Å². The van der Waals surface area contributed by atoms with Crippen LogP contribution in [0.4, 0.5) is 5.69 Å². The number of anilines is 1. The summed E-state index contributed by atoms with van der Waals surface area (Å²) in [4.78, 5) is 40.0. The molecule has 0 unspecified atom stereocenters. The van der Waals surface area contributed by atoms with E-state index in [9.17, 15) is 14.4 Å². The molecule has 2 aromatic carbocycles. The van der Waals surface area contributed by atoms with Crippen LogP contribution in [0.1, 0.15) is 29.8 Å². The fourth-order valence-electron chi connectivity index (χ4n) is 3.52. The second-order valence-electron chi connectivity index (χ2n) is 7.59. The van der Waals surface area contributed by atoms with Crippen molar-refractivity contribution in [2.45, 2.75) is 20.3 Å².